The van der Waals surface area contributed by atoms with Crippen molar-refractivity contribution in [3.8, 4) is 0 Å². The zero-order valence-corrected chi connectivity index (χ0v) is 13.0. The molecule has 2 heteroatoms. The molecule has 0 aliphatic rings. The number of benzene rings is 1. The molecule has 1 aromatic carbocycles. The van der Waals surface area contributed by atoms with E-state index < -0.39 is 0 Å². The van der Waals surface area contributed by atoms with Gasteiger partial charge in [-0.3, -0.25) is 4.98 Å². The summed E-state index contributed by atoms with van der Waals surface area (Å²) >= 11 is 1.21. The van der Waals surface area contributed by atoms with Gasteiger partial charge in [-0.05, 0) is 17.7 Å². The van der Waals surface area contributed by atoms with Crippen LogP contribution in [0.25, 0.3) is 6.08 Å². The molecule has 0 N–H and O–H groups in total. The van der Waals surface area contributed by atoms with E-state index in [4.69, 9.17) is 0 Å². The molecule has 0 saturated carbocycles. The first kappa shape index (κ1) is 15.5. The van der Waals surface area contributed by atoms with Gasteiger partial charge in [-0.1, -0.05) is 49.1 Å². The Bertz CT molecular complexity index is 357. The minimum Gasteiger partial charge on any atom is -0.265 e. The third-order valence-corrected chi connectivity index (χ3v) is 1.60. The predicted molar refractivity (Wildman–Crippen MR) is 71.0 cm³/mol. The average molecular weight is 276 g/mol. The van der Waals surface area contributed by atoms with Crippen molar-refractivity contribution in [1.29, 1.82) is 0 Å². The van der Waals surface area contributed by atoms with Gasteiger partial charge in [-0.25, -0.2) is 0 Å². The largest absolute Gasteiger partial charge is 0.265 e. The smallest absolute Gasteiger partial charge is 0.0267 e. The maximum Gasteiger partial charge on any atom is 0.0267 e. The van der Waals surface area contributed by atoms with E-state index in [2.05, 4.69) is 18.1 Å². The van der Waals surface area contributed by atoms with Crippen molar-refractivity contribution in [3.05, 3.63) is 84.3 Å². The molecule has 0 fully saturated rings. The van der Waals surface area contributed by atoms with Crippen molar-refractivity contribution in [2.24, 2.45) is 0 Å². The Morgan fingerprint density at radius 1 is 0.882 bits per heavy atom. The minimum absolute atomic E-state index is 1.17. The van der Waals surface area contributed by atoms with Crippen molar-refractivity contribution in [2.75, 3.05) is 0 Å². The zero-order chi connectivity index (χ0) is 12.8. The molecular weight excluding hydrogens is 260 g/mol. The van der Waals surface area contributed by atoms with Crippen LogP contribution in [0.15, 0.2) is 78.8 Å². The Morgan fingerprint density at radius 2 is 1.35 bits per heavy atom. The van der Waals surface area contributed by atoms with Crippen LogP contribution in [0.3, 0.4) is 0 Å². The summed E-state index contributed by atoms with van der Waals surface area (Å²) in [5, 5.41) is 0. The molecule has 1 nitrogen and oxygen atoms in total. The van der Waals surface area contributed by atoms with Crippen LogP contribution in [0.5, 0.6) is 0 Å². The van der Waals surface area contributed by atoms with Gasteiger partial charge in [0.1, 0.15) is 0 Å². The fourth-order valence-electron chi connectivity index (χ4n) is 0.902. The number of nitrogens with zero attached hydrogens (tertiary/aromatic N) is 1. The molecule has 2 aromatic rings. The Labute approximate surface area is 114 Å². The summed E-state index contributed by atoms with van der Waals surface area (Å²) < 4.78 is 1.88. The molecule has 2 rings (SSSR count). The van der Waals surface area contributed by atoms with Crippen LogP contribution in [-0.2, 0) is 18.3 Å². The monoisotopic (exact) mass is 274 g/mol. The molecule has 0 atom stereocenters. The van der Waals surface area contributed by atoms with Gasteiger partial charge in [0.25, 0.3) is 0 Å². The molecule has 0 spiro atoms. The van der Waals surface area contributed by atoms with Crippen LogP contribution in [0, 0.1) is 0 Å². The Hall–Kier alpha value is -1.53. The summed E-state index contributed by atoms with van der Waals surface area (Å²) in [5.74, 6) is 0. The topological polar surface area (TPSA) is 12.9 Å². The van der Waals surface area contributed by atoms with Gasteiger partial charge in [-0.2, -0.15) is 0 Å². The quantitative estimate of drug-likeness (QED) is 0.715. The SMILES string of the molecule is C=Cc1ccccc1.C=[CH][Zn].c1ccncc1. The average Bonchev–Trinajstić information content (AvgIpc) is 2.43. The van der Waals surface area contributed by atoms with Crippen LogP contribution in [0.4, 0.5) is 0 Å². The first-order valence-corrected chi connectivity index (χ1v) is 6.99. The van der Waals surface area contributed by atoms with Crippen molar-refractivity contribution < 1.29 is 18.3 Å². The standard InChI is InChI=1S/C8H8.C5H5N.C2H3.Zn/c1-2-8-6-4-3-5-7-8;1-2-4-6-5-3-1;1-2;/h2-7H,1H2;1-5H;1H,2H2;. The molecule has 1 heterocycles. The number of hydrogen-bond acceptors (Lipinski definition) is 1. The van der Waals surface area contributed by atoms with E-state index in [-0.39, 0.29) is 0 Å². The molecule has 0 aliphatic carbocycles. The molecule has 17 heavy (non-hydrogen) atoms. The Kier molecular flexibility index (Phi) is 11.4. The number of rotatable bonds is 1. The van der Waals surface area contributed by atoms with E-state index in [1.165, 1.54) is 23.9 Å². The normalized spacial score (nSPS) is 7.65. The van der Waals surface area contributed by atoms with Crippen molar-refractivity contribution in [1.82, 2.24) is 4.98 Å². The third-order valence-electron chi connectivity index (χ3n) is 1.60. The van der Waals surface area contributed by atoms with Gasteiger partial charge in [0.05, 0.1) is 0 Å². The van der Waals surface area contributed by atoms with Gasteiger partial charge >= 0.3 is 29.6 Å². The maximum absolute atomic E-state index is 3.78. The molecule has 0 saturated heterocycles. The maximum atomic E-state index is 3.78. The van der Waals surface area contributed by atoms with E-state index in [1.807, 2.05) is 59.3 Å². The van der Waals surface area contributed by atoms with Crippen LogP contribution in [0.2, 0.25) is 0 Å². The third kappa shape index (κ3) is 10.7. The number of aromatic nitrogens is 1. The molecular formula is C15H16NZn. The minimum atomic E-state index is 1.17. The van der Waals surface area contributed by atoms with E-state index >= 15 is 0 Å². The van der Waals surface area contributed by atoms with Gasteiger partial charge in [-0.15, -0.1) is 0 Å². The number of hydrogen-bond donors (Lipinski definition) is 0. The van der Waals surface area contributed by atoms with Gasteiger partial charge in [0, 0.05) is 12.4 Å². The van der Waals surface area contributed by atoms with Gasteiger partial charge in [0.2, 0.25) is 0 Å². The first-order valence-electron chi connectivity index (χ1n) is 5.27. The van der Waals surface area contributed by atoms with Crippen molar-refractivity contribution in [2.45, 2.75) is 0 Å². The fraction of sp³-hybridized carbons (Fsp3) is 0. The fourth-order valence-corrected chi connectivity index (χ4v) is 0.902. The number of pyridine rings is 1. The van der Waals surface area contributed by atoms with E-state index in [0.717, 1.165) is 0 Å². The van der Waals surface area contributed by atoms with E-state index in [9.17, 15) is 0 Å². The first-order chi connectivity index (χ1) is 8.35. The molecule has 83 valence electrons. The van der Waals surface area contributed by atoms with E-state index in [0.29, 0.717) is 0 Å². The molecule has 0 radical (unpaired) electrons. The molecule has 0 unspecified atom stereocenters. The summed E-state index contributed by atoms with van der Waals surface area (Å²) in [4.78, 5) is 3.78. The second-order valence-electron chi connectivity index (χ2n) is 2.93. The van der Waals surface area contributed by atoms with Gasteiger partial charge in [0.15, 0.2) is 0 Å². The Morgan fingerprint density at radius 3 is 1.59 bits per heavy atom. The zero-order valence-electron chi connectivity index (χ0n) is 10.00. The van der Waals surface area contributed by atoms with Gasteiger partial charge < -0.3 is 0 Å². The predicted octanol–water partition coefficient (Wildman–Crippen LogP) is 4.09. The molecule has 0 aliphatic heterocycles. The van der Waals surface area contributed by atoms with Crippen LogP contribution in [0.1, 0.15) is 5.56 Å². The second kappa shape index (κ2) is 12.5. The van der Waals surface area contributed by atoms with Crippen LogP contribution in [-0.4, -0.2) is 4.98 Å². The van der Waals surface area contributed by atoms with Crippen molar-refractivity contribution in [3.63, 3.8) is 0 Å². The van der Waals surface area contributed by atoms with Crippen molar-refractivity contribution >= 4 is 6.08 Å². The summed E-state index contributed by atoms with van der Waals surface area (Å²) in [7, 11) is 0. The summed E-state index contributed by atoms with van der Waals surface area (Å²) in [6.07, 6.45) is 5.33. The van der Waals surface area contributed by atoms with Crippen LogP contribution >= 0.6 is 0 Å². The second-order valence-corrected chi connectivity index (χ2v) is 4.14. The molecule has 1 aromatic heterocycles. The molecule has 0 bridgehead atoms. The summed E-state index contributed by atoms with van der Waals surface area (Å²) in [6, 6.07) is 15.7. The summed E-state index contributed by atoms with van der Waals surface area (Å²) in [6.45, 7) is 7.05. The van der Waals surface area contributed by atoms with Crippen LogP contribution < -0.4 is 0 Å². The molecule has 0 amide bonds. The summed E-state index contributed by atoms with van der Waals surface area (Å²) in [5.41, 5.74) is 1.17. The van der Waals surface area contributed by atoms with E-state index in [1.54, 1.807) is 12.4 Å². The Balaban J connectivity index is 0.000000252.